The molecule has 180 valence electrons. The van der Waals surface area contributed by atoms with Crippen LogP contribution < -0.4 is 14.4 Å². The maximum atomic E-state index is 13.5. The van der Waals surface area contributed by atoms with Gasteiger partial charge in [0, 0.05) is 12.6 Å². The molecule has 2 aromatic rings. The largest absolute Gasteiger partial charge is 0.495 e. The van der Waals surface area contributed by atoms with E-state index in [-0.39, 0.29) is 24.2 Å². The maximum Gasteiger partial charge on any atom is 0.244 e. The summed E-state index contributed by atoms with van der Waals surface area (Å²) in [6, 6.07) is 13.3. The minimum atomic E-state index is -3.82. The topological polar surface area (TPSA) is 96.0 Å². The third-order valence-corrected chi connectivity index (χ3v) is 6.36. The van der Waals surface area contributed by atoms with E-state index in [2.05, 4.69) is 5.32 Å². The Kier molecular flexibility index (Phi) is 8.87. The standard InChI is InChI=1S/C24H33N3O5S/c1-17(2)25-24(29)19(4)26(15-20-12-8-7-11-18(20)3)23(28)16-27(33(6,30)31)21-13-9-10-14-22(21)32-5/h7-14,17,19H,15-16H2,1-6H3,(H,25,29)/t19-/m1/s1. The number of para-hydroxylation sites is 2. The highest BCUT2D eigenvalue weighted by molar-refractivity contribution is 7.92. The Morgan fingerprint density at radius 1 is 1.03 bits per heavy atom. The molecule has 8 nitrogen and oxygen atoms in total. The maximum absolute atomic E-state index is 13.5. The molecule has 0 fully saturated rings. The number of aryl methyl sites for hydroxylation is 1. The average Bonchev–Trinajstić information content (AvgIpc) is 2.75. The molecular weight excluding hydrogens is 442 g/mol. The van der Waals surface area contributed by atoms with Crippen LogP contribution in [0.25, 0.3) is 0 Å². The van der Waals surface area contributed by atoms with Crippen LogP contribution >= 0.6 is 0 Å². The molecule has 9 heteroatoms. The summed E-state index contributed by atoms with van der Waals surface area (Å²) in [5.74, 6) is -0.483. The Bertz CT molecular complexity index is 1090. The van der Waals surface area contributed by atoms with Gasteiger partial charge in [-0.15, -0.1) is 0 Å². The van der Waals surface area contributed by atoms with Gasteiger partial charge in [0.05, 0.1) is 19.1 Å². The van der Waals surface area contributed by atoms with Crippen molar-refractivity contribution >= 4 is 27.5 Å². The number of carbonyl (C=O) groups excluding carboxylic acids is 2. The molecule has 2 aromatic carbocycles. The third-order valence-electron chi connectivity index (χ3n) is 5.23. The Hall–Kier alpha value is -3.07. The SMILES string of the molecule is COc1ccccc1N(CC(=O)N(Cc1ccccc1C)[C@H](C)C(=O)NC(C)C)S(C)(=O)=O. The molecule has 0 unspecified atom stereocenters. The molecular formula is C24H33N3O5S. The van der Waals surface area contributed by atoms with E-state index in [4.69, 9.17) is 4.74 Å². The second-order valence-electron chi connectivity index (χ2n) is 8.23. The predicted molar refractivity (Wildman–Crippen MR) is 130 cm³/mol. The molecule has 0 radical (unpaired) electrons. The zero-order chi connectivity index (χ0) is 24.8. The molecule has 2 rings (SSSR count). The number of nitrogens with one attached hydrogen (secondary N) is 1. The lowest BCUT2D eigenvalue weighted by atomic mass is 10.1. The van der Waals surface area contributed by atoms with Gasteiger partial charge >= 0.3 is 0 Å². The fraction of sp³-hybridized carbons (Fsp3) is 0.417. The summed E-state index contributed by atoms with van der Waals surface area (Å²) in [7, 11) is -2.39. The fourth-order valence-corrected chi connectivity index (χ4v) is 4.24. The molecule has 0 heterocycles. The summed E-state index contributed by atoms with van der Waals surface area (Å²) in [6.45, 7) is 6.94. The van der Waals surface area contributed by atoms with Crippen molar-refractivity contribution in [2.45, 2.75) is 46.3 Å². The van der Waals surface area contributed by atoms with Crippen molar-refractivity contribution in [3.8, 4) is 5.75 Å². The van der Waals surface area contributed by atoms with E-state index in [0.29, 0.717) is 5.75 Å². The van der Waals surface area contributed by atoms with Crippen molar-refractivity contribution in [1.82, 2.24) is 10.2 Å². The Balaban J connectivity index is 2.44. The lowest BCUT2D eigenvalue weighted by Crippen LogP contribution is -2.52. The van der Waals surface area contributed by atoms with E-state index in [9.17, 15) is 18.0 Å². The molecule has 0 aliphatic carbocycles. The van der Waals surface area contributed by atoms with E-state index >= 15 is 0 Å². The summed E-state index contributed by atoms with van der Waals surface area (Å²) in [6.07, 6.45) is 1.04. The van der Waals surface area contributed by atoms with E-state index < -0.39 is 28.5 Å². The molecule has 0 bridgehead atoms. The number of hydrogen-bond acceptors (Lipinski definition) is 5. The van der Waals surface area contributed by atoms with Crippen LogP contribution in [0.3, 0.4) is 0 Å². The summed E-state index contributed by atoms with van der Waals surface area (Å²) >= 11 is 0. The van der Waals surface area contributed by atoms with Crippen LogP contribution in [0.5, 0.6) is 5.75 Å². The Labute approximate surface area is 196 Å². The molecule has 0 spiro atoms. The van der Waals surface area contributed by atoms with E-state index in [1.807, 2.05) is 45.0 Å². The molecule has 0 aliphatic rings. The second kappa shape index (κ2) is 11.2. The molecule has 0 aliphatic heterocycles. The van der Waals surface area contributed by atoms with Crippen LogP contribution in [0.2, 0.25) is 0 Å². The van der Waals surface area contributed by atoms with Gasteiger partial charge in [-0.1, -0.05) is 36.4 Å². The smallest absolute Gasteiger partial charge is 0.244 e. The van der Waals surface area contributed by atoms with Gasteiger partial charge in [0.1, 0.15) is 18.3 Å². The number of hydrogen-bond donors (Lipinski definition) is 1. The summed E-state index contributed by atoms with van der Waals surface area (Å²) in [4.78, 5) is 27.7. The first kappa shape index (κ1) is 26.2. The number of benzene rings is 2. The Morgan fingerprint density at radius 3 is 2.21 bits per heavy atom. The van der Waals surface area contributed by atoms with Gasteiger partial charge in [0.2, 0.25) is 21.8 Å². The van der Waals surface area contributed by atoms with E-state index in [1.54, 1.807) is 31.2 Å². The van der Waals surface area contributed by atoms with Crippen molar-refractivity contribution in [3.05, 3.63) is 59.7 Å². The number of nitrogens with zero attached hydrogens (tertiary/aromatic N) is 2. The second-order valence-corrected chi connectivity index (χ2v) is 10.1. The normalized spacial score (nSPS) is 12.2. The molecule has 1 atom stereocenters. The van der Waals surface area contributed by atoms with Gasteiger partial charge < -0.3 is 15.0 Å². The summed E-state index contributed by atoms with van der Waals surface area (Å²) < 4.78 is 31.6. The van der Waals surface area contributed by atoms with Crippen molar-refractivity contribution < 1.29 is 22.7 Å². The van der Waals surface area contributed by atoms with Crippen LogP contribution in [0.1, 0.15) is 31.9 Å². The molecule has 0 saturated carbocycles. The number of ether oxygens (including phenoxy) is 1. The first-order chi connectivity index (χ1) is 15.5. The zero-order valence-electron chi connectivity index (χ0n) is 20.0. The number of amides is 2. The quantitative estimate of drug-likeness (QED) is 0.570. The van der Waals surface area contributed by atoms with Crippen LogP contribution in [0, 0.1) is 6.92 Å². The van der Waals surface area contributed by atoms with Gasteiger partial charge in [-0.2, -0.15) is 0 Å². The first-order valence-electron chi connectivity index (χ1n) is 10.7. The molecule has 2 amide bonds. The fourth-order valence-electron chi connectivity index (χ4n) is 3.39. The molecule has 0 saturated heterocycles. The first-order valence-corrected chi connectivity index (χ1v) is 12.6. The summed E-state index contributed by atoms with van der Waals surface area (Å²) in [5, 5.41) is 2.83. The number of methoxy groups -OCH3 is 1. The highest BCUT2D eigenvalue weighted by Crippen LogP contribution is 2.29. The van der Waals surface area contributed by atoms with Gasteiger partial charge in [0.15, 0.2) is 0 Å². The van der Waals surface area contributed by atoms with Gasteiger partial charge in [0.25, 0.3) is 0 Å². The monoisotopic (exact) mass is 475 g/mol. The van der Waals surface area contributed by atoms with Crippen molar-refractivity contribution in [3.63, 3.8) is 0 Å². The van der Waals surface area contributed by atoms with Crippen LogP contribution in [-0.4, -0.2) is 57.1 Å². The van der Waals surface area contributed by atoms with E-state index in [0.717, 1.165) is 21.7 Å². The van der Waals surface area contributed by atoms with Crippen molar-refractivity contribution in [2.24, 2.45) is 0 Å². The van der Waals surface area contributed by atoms with Gasteiger partial charge in [-0.05, 0) is 51.0 Å². The lowest BCUT2D eigenvalue weighted by molar-refractivity contribution is -0.139. The van der Waals surface area contributed by atoms with Crippen LogP contribution in [-0.2, 0) is 26.2 Å². The lowest BCUT2D eigenvalue weighted by Gasteiger charge is -2.32. The number of carbonyl (C=O) groups is 2. The van der Waals surface area contributed by atoms with Gasteiger partial charge in [-0.3, -0.25) is 13.9 Å². The average molecular weight is 476 g/mol. The molecule has 1 N–H and O–H groups in total. The van der Waals surface area contributed by atoms with Gasteiger partial charge in [-0.25, -0.2) is 8.42 Å². The molecule has 33 heavy (non-hydrogen) atoms. The molecule has 0 aromatic heterocycles. The highest BCUT2D eigenvalue weighted by Gasteiger charge is 2.31. The predicted octanol–water partition coefficient (Wildman–Crippen LogP) is 2.71. The van der Waals surface area contributed by atoms with E-state index in [1.165, 1.54) is 12.0 Å². The summed E-state index contributed by atoms with van der Waals surface area (Å²) in [5.41, 5.74) is 2.10. The number of anilines is 1. The number of sulfonamides is 1. The Morgan fingerprint density at radius 2 is 1.64 bits per heavy atom. The van der Waals surface area contributed by atoms with Crippen LogP contribution in [0.15, 0.2) is 48.5 Å². The third kappa shape index (κ3) is 6.95. The van der Waals surface area contributed by atoms with Crippen molar-refractivity contribution in [1.29, 1.82) is 0 Å². The van der Waals surface area contributed by atoms with Crippen molar-refractivity contribution in [2.75, 3.05) is 24.2 Å². The minimum absolute atomic E-state index is 0.100. The minimum Gasteiger partial charge on any atom is -0.495 e. The highest BCUT2D eigenvalue weighted by atomic mass is 32.2. The van der Waals surface area contributed by atoms with Crippen LogP contribution in [0.4, 0.5) is 5.69 Å². The zero-order valence-corrected chi connectivity index (χ0v) is 20.8. The number of rotatable bonds is 10.